The van der Waals surface area contributed by atoms with Crippen molar-refractivity contribution >= 4 is 37.1 Å². The van der Waals surface area contributed by atoms with Gasteiger partial charge in [0, 0.05) is 16.6 Å². The van der Waals surface area contributed by atoms with E-state index >= 15 is 0 Å². The Labute approximate surface area is 137 Å². The van der Waals surface area contributed by atoms with E-state index < -0.39 is 25.3 Å². The van der Waals surface area contributed by atoms with Crippen LogP contribution in [0.1, 0.15) is 29.8 Å². The van der Waals surface area contributed by atoms with E-state index in [-0.39, 0.29) is 6.42 Å². The van der Waals surface area contributed by atoms with Gasteiger partial charge in [0.2, 0.25) is 5.91 Å². The van der Waals surface area contributed by atoms with Gasteiger partial charge in [0.25, 0.3) is 0 Å². The van der Waals surface area contributed by atoms with Gasteiger partial charge in [-0.05, 0) is 38.5 Å². The minimum absolute atomic E-state index is 0.0624. The molecule has 1 aromatic rings. The third-order valence-electron chi connectivity index (χ3n) is 3.65. The molecule has 1 amide bonds. The second-order valence-electron chi connectivity index (χ2n) is 5.40. The van der Waals surface area contributed by atoms with Gasteiger partial charge in [-0.1, -0.05) is 6.42 Å². The third kappa shape index (κ3) is 4.71. The van der Waals surface area contributed by atoms with Crippen molar-refractivity contribution in [3.05, 3.63) is 14.5 Å². The van der Waals surface area contributed by atoms with Gasteiger partial charge < -0.3 is 25.4 Å². The topological polar surface area (TPSA) is 114 Å². The van der Waals surface area contributed by atoms with Crippen LogP contribution in [0.3, 0.4) is 0 Å². The van der Waals surface area contributed by atoms with Crippen LogP contribution in [0.25, 0.3) is 0 Å². The first-order chi connectivity index (χ1) is 10.3. The van der Waals surface area contributed by atoms with Crippen LogP contribution in [0.5, 0.6) is 0 Å². The molecule has 2 heterocycles. The molecule has 5 N–H and O–H groups in total. The molecule has 124 valence electrons. The SMILES string of the molecule is Cc1[nH]c(=S)sc1CC(=O)NC(C1CCCCN1)P(=O)(O)O. The molecule has 0 aliphatic carbocycles. The van der Waals surface area contributed by atoms with E-state index in [1.54, 1.807) is 0 Å². The Morgan fingerprint density at radius 1 is 1.55 bits per heavy atom. The number of hydrogen-bond donors (Lipinski definition) is 5. The number of H-pyrrole nitrogens is 1. The van der Waals surface area contributed by atoms with Crippen LogP contribution >= 0.6 is 31.2 Å². The predicted molar refractivity (Wildman–Crippen MR) is 87.6 cm³/mol. The van der Waals surface area contributed by atoms with Crippen LogP contribution < -0.4 is 10.6 Å². The molecule has 1 aliphatic heterocycles. The van der Waals surface area contributed by atoms with Gasteiger partial charge in [-0.3, -0.25) is 9.36 Å². The monoisotopic (exact) mass is 365 g/mol. The van der Waals surface area contributed by atoms with E-state index in [2.05, 4.69) is 15.6 Å². The van der Waals surface area contributed by atoms with E-state index in [0.29, 0.717) is 16.9 Å². The summed E-state index contributed by atoms with van der Waals surface area (Å²) < 4.78 is 12.3. The average Bonchev–Trinajstić information content (AvgIpc) is 2.74. The summed E-state index contributed by atoms with van der Waals surface area (Å²) in [7, 11) is -4.43. The molecule has 2 unspecified atom stereocenters. The first-order valence-corrected chi connectivity index (χ1v) is 9.94. The molecule has 0 aromatic carbocycles. The molecular formula is C12H20N3O4PS2. The van der Waals surface area contributed by atoms with Gasteiger partial charge in [0.15, 0.2) is 3.95 Å². The van der Waals surface area contributed by atoms with Gasteiger partial charge in [-0.15, -0.1) is 11.3 Å². The molecule has 0 bridgehead atoms. The first kappa shape index (κ1) is 17.8. The zero-order chi connectivity index (χ0) is 16.3. The average molecular weight is 365 g/mol. The standard InChI is InChI=1S/C12H20N3O4PS2/c1-7-9(22-12(21)14-7)6-10(16)15-11(20(17,18)19)8-4-2-3-5-13-8/h8,11,13H,2-6H2,1H3,(H,14,21)(H,15,16)(H2,17,18,19). The molecule has 1 aromatic heterocycles. The number of aromatic nitrogens is 1. The number of hydrogen-bond acceptors (Lipinski definition) is 5. The zero-order valence-corrected chi connectivity index (χ0v) is 14.7. The van der Waals surface area contributed by atoms with Crippen molar-refractivity contribution in [3.63, 3.8) is 0 Å². The van der Waals surface area contributed by atoms with Crippen molar-refractivity contribution in [1.82, 2.24) is 15.6 Å². The Morgan fingerprint density at radius 2 is 2.27 bits per heavy atom. The van der Waals surface area contributed by atoms with Crippen LogP contribution in [0.2, 0.25) is 0 Å². The number of carbonyl (C=O) groups excluding carboxylic acids is 1. The van der Waals surface area contributed by atoms with E-state index in [0.717, 1.165) is 23.4 Å². The van der Waals surface area contributed by atoms with Crippen molar-refractivity contribution in [2.24, 2.45) is 0 Å². The molecule has 2 atom stereocenters. The maximum absolute atomic E-state index is 12.2. The van der Waals surface area contributed by atoms with Crippen molar-refractivity contribution in [1.29, 1.82) is 0 Å². The number of amides is 1. The molecule has 0 radical (unpaired) electrons. The highest BCUT2D eigenvalue weighted by molar-refractivity contribution is 7.73. The number of piperidine rings is 1. The third-order valence-corrected chi connectivity index (χ3v) is 6.20. The lowest BCUT2D eigenvalue weighted by molar-refractivity contribution is -0.121. The van der Waals surface area contributed by atoms with Crippen LogP contribution in [0, 0.1) is 10.9 Å². The van der Waals surface area contributed by atoms with Crippen molar-refractivity contribution in [3.8, 4) is 0 Å². The summed E-state index contributed by atoms with van der Waals surface area (Å²) in [5, 5.41) is 5.59. The number of aromatic amines is 1. The van der Waals surface area contributed by atoms with Gasteiger partial charge >= 0.3 is 7.60 Å². The largest absolute Gasteiger partial charge is 0.349 e. The molecule has 22 heavy (non-hydrogen) atoms. The quantitative estimate of drug-likeness (QED) is 0.398. The maximum atomic E-state index is 12.2. The van der Waals surface area contributed by atoms with Crippen molar-refractivity contribution < 1.29 is 19.1 Å². The van der Waals surface area contributed by atoms with Crippen LogP contribution in [-0.4, -0.2) is 39.0 Å². The van der Waals surface area contributed by atoms with E-state index in [1.165, 1.54) is 11.3 Å². The summed E-state index contributed by atoms with van der Waals surface area (Å²) in [4.78, 5) is 35.0. The smallest absolute Gasteiger partial charge is 0.341 e. The van der Waals surface area contributed by atoms with Gasteiger partial charge in [-0.25, -0.2) is 0 Å². The van der Waals surface area contributed by atoms with Crippen LogP contribution in [0.15, 0.2) is 0 Å². The summed E-state index contributed by atoms with van der Waals surface area (Å²) in [6.45, 7) is 2.52. The highest BCUT2D eigenvalue weighted by Gasteiger charge is 2.38. The molecule has 2 rings (SSSR count). The Hall–Kier alpha value is -0.570. The molecule has 7 nitrogen and oxygen atoms in total. The summed E-state index contributed by atoms with van der Waals surface area (Å²) in [5.41, 5.74) is 0.814. The molecule has 10 heteroatoms. The summed E-state index contributed by atoms with van der Waals surface area (Å²) in [6, 6.07) is -0.399. The van der Waals surface area contributed by atoms with E-state index in [9.17, 15) is 19.1 Å². The maximum Gasteiger partial charge on any atom is 0.349 e. The second kappa shape index (κ2) is 7.33. The lowest BCUT2D eigenvalue weighted by Gasteiger charge is -2.32. The van der Waals surface area contributed by atoms with Crippen LogP contribution in [-0.2, 0) is 15.8 Å². The van der Waals surface area contributed by atoms with E-state index in [4.69, 9.17) is 12.2 Å². The van der Waals surface area contributed by atoms with Crippen molar-refractivity contribution in [2.45, 2.75) is 44.4 Å². The minimum atomic E-state index is -4.43. The lowest BCUT2D eigenvalue weighted by Crippen LogP contribution is -2.51. The number of aryl methyl sites for hydroxylation is 1. The molecular weight excluding hydrogens is 345 g/mol. The predicted octanol–water partition coefficient (Wildman–Crippen LogP) is 1.42. The number of rotatable bonds is 5. The minimum Gasteiger partial charge on any atom is -0.341 e. The Bertz CT molecular complexity index is 633. The fourth-order valence-electron chi connectivity index (χ4n) is 2.53. The van der Waals surface area contributed by atoms with E-state index in [1.807, 2.05) is 6.92 Å². The normalized spacial score (nSPS) is 20.6. The number of carbonyl (C=O) groups is 1. The van der Waals surface area contributed by atoms with Crippen molar-refractivity contribution in [2.75, 3.05) is 6.54 Å². The van der Waals surface area contributed by atoms with Gasteiger partial charge in [0.05, 0.1) is 6.42 Å². The molecule has 1 aliphatic rings. The lowest BCUT2D eigenvalue weighted by atomic mass is 10.0. The first-order valence-electron chi connectivity index (χ1n) is 7.04. The summed E-state index contributed by atoms with van der Waals surface area (Å²) in [6.07, 6.45) is 2.57. The van der Waals surface area contributed by atoms with Gasteiger partial charge in [0.1, 0.15) is 5.78 Å². The highest BCUT2D eigenvalue weighted by atomic mass is 32.1. The fourth-order valence-corrected chi connectivity index (χ4v) is 4.86. The molecule has 0 saturated carbocycles. The fraction of sp³-hybridized carbons (Fsp3) is 0.667. The summed E-state index contributed by atoms with van der Waals surface area (Å²) >= 11 is 6.32. The number of nitrogens with one attached hydrogen (secondary N) is 3. The zero-order valence-electron chi connectivity index (χ0n) is 12.2. The molecule has 0 spiro atoms. The number of thiazole rings is 1. The van der Waals surface area contributed by atoms with Gasteiger partial charge in [-0.2, -0.15) is 0 Å². The van der Waals surface area contributed by atoms with Crippen LogP contribution in [0.4, 0.5) is 0 Å². The summed E-state index contributed by atoms with van der Waals surface area (Å²) in [5.74, 6) is -1.60. The second-order valence-corrected chi connectivity index (χ2v) is 8.90. The Kier molecular flexibility index (Phi) is 5.93. The molecule has 1 saturated heterocycles. The highest BCUT2D eigenvalue weighted by Crippen LogP contribution is 2.42. The molecule has 1 fully saturated rings. The Morgan fingerprint density at radius 3 is 2.77 bits per heavy atom. The Balaban J connectivity index is 2.06.